The zero-order valence-corrected chi connectivity index (χ0v) is 10.0. The molecule has 68 valence electrons. The lowest BCUT2D eigenvalue weighted by atomic mass is 10.1. The molecule has 0 spiro atoms. The van der Waals surface area contributed by atoms with Crippen molar-refractivity contribution in [3.63, 3.8) is 0 Å². The summed E-state index contributed by atoms with van der Waals surface area (Å²) < 4.78 is 0. The van der Waals surface area contributed by atoms with Gasteiger partial charge in [0.1, 0.15) is 0 Å². The van der Waals surface area contributed by atoms with Crippen molar-refractivity contribution in [2.24, 2.45) is 5.92 Å². The molecule has 0 heterocycles. The van der Waals surface area contributed by atoms with Crippen molar-refractivity contribution in [3.05, 3.63) is 0 Å². The van der Waals surface area contributed by atoms with Crippen LogP contribution < -0.4 is 0 Å². The third-order valence-corrected chi connectivity index (χ3v) is 5.47. The molecule has 0 aromatic heterocycles. The Labute approximate surface area is 83.2 Å². The maximum absolute atomic E-state index is 5.81. The van der Waals surface area contributed by atoms with Gasteiger partial charge in [-0.3, -0.25) is 0 Å². The Morgan fingerprint density at radius 2 is 1.64 bits per heavy atom. The van der Waals surface area contributed by atoms with E-state index < -0.39 is 0 Å². The Balaban J connectivity index is 3.52. The minimum absolute atomic E-state index is 0.601. The van der Waals surface area contributed by atoms with Gasteiger partial charge in [-0.15, -0.1) is 11.6 Å². The highest BCUT2D eigenvalue weighted by atomic mass is 35.5. The molecule has 0 saturated carbocycles. The van der Waals surface area contributed by atoms with Gasteiger partial charge in [0, 0.05) is 16.4 Å². The standard InChI is InChI=1S/C8H17ClS2/c1-6(2)8(5-9)11-10-7(3)4/h6-8H,5H2,1-4H3/t8-/m1/s1. The highest BCUT2D eigenvalue weighted by molar-refractivity contribution is 8.77. The molecular formula is C8H17ClS2. The van der Waals surface area contributed by atoms with E-state index in [1.165, 1.54) is 0 Å². The molecule has 0 nitrogen and oxygen atoms in total. The summed E-state index contributed by atoms with van der Waals surface area (Å²) in [5.41, 5.74) is 0. The predicted molar refractivity (Wildman–Crippen MR) is 59.7 cm³/mol. The van der Waals surface area contributed by atoms with E-state index in [1.807, 2.05) is 21.6 Å². The van der Waals surface area contributed by atoms with Crippen molar-refractivity contribution in [2.45, 2.75) is 38.2 Å². The van der Waals surface area contributed by atoms with Crippen molar-refractivity contribution in [2.75, 3.05) is 5.88 Å². The van der Waals surface area contributed by atoms with Crippen LogP contribution >= 0.6 is 33.2 Å². The van der Waals surface area contributed by atoms with Crippen LogP contribution in [0.4, 0.5) is 0 Å². The highest BCUT2D eigenvalue weighted by Crippen LogP contribution is 2.34. The average Bonchev–Trinajstić information content (AvgIpc) is 1.87. The topological polar surface area (TPSA) is 0 Å². The summed E-state index contributed by atoms with van der Waals surface area (Å²) in [7, 11) is 3.85. The van der Waals surface area contributed by atoms with Crippen molar-refractivity contribution in [3.8, 4) is 0 Å². The van der Waals surface area contributed by atoms with Gasteiger partial charge >= 0.3 is 0 Å². The van der Waals surface area contributed by atoms with Crippen molar-refractivity contribution >= 4 is 33.2 Å². The molecule has 0 fully saturated rings. The first-order valence-corrected chi connectivity index (χ1v) is 6.77. The van der Waals surface area contributed by atoms with Crippen LogP contribution in [0.25, 0.3) is 0 Å². The Kier molecular flexibility index (Phi) is 7.08. The van der Waals surface area contributed by atoms with E-state index in [1.54, 1.807) is 0 Å². The second-order valence-electron chi connectivity index (χ2n) is 3.18. The van der Waals surface area contributed by atoms with Gasteiger partial charge in [-0.25, -0.2) is 0 Å². The Morgan fingerprint density at radius 3 is 1.91 bits per heavy atom. The first kappa shape index (κ1) is 12.0. The molecule has 0 rings (SSSR count). The van der Waals surface area contributed by atoms with Crippen LogP contribution in [0.5, 0.6) is 0 Å². The minimum Gasteiger partial charge on any atom is -0.125 e. The number of halogens is 1. The molecule has 0 aromatic carbocycles. The third kappa shape index (κ3) is 6.18. The van der Waals surface area contributed by atoms with Gasteiger partial charge in [0.05, 0.1) is 0 Å². The predicted octanol–water partition coefficient (Wildman–Crippen LogP) is 4.04. The lowest BCUT2D eigenvalue weighted by Crippen LogP contribution is -2.11. The van der Waals surface area contributed by atoms with Crippen LogP contribution in [0.15, 0.2) is 0 Å². The average molecular weight is 213 g/mol. The summed E-state index contributed by atoms with van der Waals surface area (Å²) in [6, 6.07) is 0. The van der Waals surface area contributed by atoms with Crippen molar-refractivity contribution in [1.82, 2.24) is 0 Å². The van der Waals surface area contributed by atoms with E-state index >= 15 is 0 Å². The fraction of sp³-hybridized carbons (Fsp3) is 1.00. The molecule has 0 N–H and O–H groups in total. The van der Waals surface area contributed by atoms with Gasteiger partial charge in [0.25, 0.3) is 0 Å². The van der Waals surface area contributed by atoms with Gasteiger partial charge in [0.15, 0.2) is 0 Å². The smallest absolute Gasteiger partial charge is 0.0353 e. The first-order chi connectivity index (χ1) is 5.07. The summed E-state index contributed by atoms with van der Waals surface area (Å²) >= 11 is 5.81. The van der Waals surface area contributed by atoms with Gasteiger partial charge < -0.3 is 0 Å². The van der Waals surface area contributed by atoms with Crippen LogP contribution in [-0.2, 0) is 0 Å². The normalized spacial score (nSPS) is 14.5. The zero-order chi connectivity index (χ0) is 8.85. The molecule has 0 aliphatic carbocycles. The van der Waals surface area contributed by atoms with E-state index in [0.717, 1.165) is 5.88 Å². The van der Waals surface area contributed by atoms with Crippen LogP contribution in [0.3, 0.4) is 0 Å². The second kappa shape index (κ2) is 6.50. The SMILES string of the molecule is CC(C)SS[C@H](CCl)C(C)C. The molecule has 0 aromatic rings. The lowest BCUT2D eigenvalue weighted by molar-refractivity contribution is 0.649. The van der Waals surface area contributed by atoms with E-state index in [0.29, 0.717) is 16.4 Å². The second-order valence-corrected chi connectivity index (χ2v) is 6.57. The molecule has 1 atom stereocenters. The molecule has 0 bridgehead atoms. The summed E-state index contributed by atoms with van der Waals surface area (Å²) in [4.78, 5) is 0. The molecule has 3 heteroatoms. The Hall–Kier alpha value is 0.990. The largest absolute Gasteiger partial charge is 0.125 e. The van der Waals surface area contributed by atoms with E-state index in [4.69, 9.17) is 11.6 Å². The van der Waals surface area contributed by atoms with Crippen LogP contribution in [0.1, 0.15) is 27.7 Å². The molecule has 0 unspecified atom stereocenters. The molecule has 0 aliphatic rings. The zero-order valence-electron chi connectivity index (χ0n) is 7.63. The fourth-order valence-electron chi connectivity index (χ4n) is 0.497. The molecule has 0 saturated heterocycles. The number of hydrogen-bond acceptors (Lipinski definition) is 2. The molecule has 11 heavy (non-hydrogen) atoms. The number of alkyl halides is 1. The van der Waals surface area contributed by atoms with Gasteiger partial charge in [-0.05, 0) is 5.92 Å². The quantitative estimate of drug-likeness (QED) is 0.499. The van der Waals surface area contributed by atoms with Crippen molar-refractivity contribution < 1.29 is 0 Å². The first-order valence-electron chi connectivity index (χ1n) is 3.96. The van der Waals surface area contributed by atoms with Gasteiger partial charge in [-0.2, -0.15) is 0 Å². The van der Waals surface area contributed by atoms with Crippen LogP contribution in [-0.4, -0.2) is 16.4 Å². The maximum atomic E-state index is 5.81. The summed E-state index contributed by atoms with van der Waals surface area (Å²) in [5.74, 6) is 1.45. The highest BCUT2D eigenvalue weighted by Gasteiger charge is 2.13. The summed E-state index contributed by atoms with van der Waals surface area (Å²) in [6.07, 6.45) is 0. The summed E-state index contributed by atoms with van der Waals surface area (Å²) in [5, 5.41) is 1.30. The maximum Gasteiger partial charge on any atom is 0.0353 e. The van der Waals surface area contributed by atoms with Crippen molar-refractivity contribution in [1.29, 1.82) is 0 Å². The van der Waals surface area contributed by atoms with Crippen LogP contribution in [0.2, 0.25) is 0 Å². The van der Waals surface area contributed by atoms with Gasteiger partial charge in [-0.1, -0.05) is 49.3 Å². The van der Waals surface area contributed by atoms with E-state index in [-0.39, 0.29) is 0 Å². The monoisotopic (exact) mass is 212 g/mol. The molecule has 0 aliphatic heterocycles. The fourth-order valence-corrected chi connectivity index (χ4v) is 3.87. The Bertz CT molecular complexity index is 94.1. The molecule has 0 amide bonds. The van der Waals surface area contributed by atoms with Crippen LogP contribution in [0, 0.1) is 5.92 Å². The van der Waals surface area contributed by atoms with E-state index in [2.05, 4.69) is 27.7 Å². The number of rotatable bonds is 5. The van der Waals surface area contributed by atoms with Gasteiger partial charge in [0.2, 0.25) is 0 Å². The minimum atomic E-state index is 0.601. The summed E-state index contributed by atoms with van der Waals surface area (Å²) in [6.45, 7) is 8.87. The molecular weight excluding hydrogens is 196 g/mol. The Morgan fingerprint density at radius 1 is 1.09 bits per heavy atom. The molecule has 0 radical (unpaired) electrons. The van der Waals surface area contributed by atoms with E-state index in [9.17, 15) is 0 Å². The number of hydrogen-bond donors (Lipinski definition) is 0. The third-order valence-electron chi connectivity index (χ3n) is 1.27. The lowest BCUT2D eigenvalue weighted by Gasteiger charge is -2.17.